The number of para-hydroxylation sites is 1. The Hall–Kier alpha value is -3.36. The van der Waals surface area contributed by atoms with Crippen molar-refractivity contribution in [3.63, 3.8) is 0 Å². The van der Waals surface area contributed by atoms with Gasteiger partial charge in [0.15, 0.2) is 5.11 Å². The molecule has 0 aliphatic rings. The first kappa shape index (κ1) is 23.3. The fraction of sp³-hybridized carbons (Fsp3) is 0.125. The number of carbonyl (C=O) groups is 2. The smallest absolute Gasteiger partial charge is 0.338 e. The van der Waals surface area contributed by atoms with Crippen LogP contribution in [0.25, 0.3) is 0 Å². The molecule has 3 aromatic carbocycles. The number of thiocarbonyl (C=S) groups is 1. The van der Waals surface area contributed by atoms with Crippen LogP contribution in [0.3, 0.4) is 0 Å². The van der Waals surface area contributed by atoms with Crippen LogP contribution in [-0.2, 0) is 9.53 Å². The maximum atomic E-state index is 12.2. The second kappa shape index (κ2) is 11.9. The minimum absolute atomic E-state index is 0.130. The third kappa shape index (κ3) is 7.40. The fourth-order valence-electron chi connectivity index (χ4n) is 2.70. The van der Waals surface area contributed by atoms with Gasteiger partial charge in [-0.25, -0.2) is 4.79 Å². The Bertz CT molecular complexity index is 1060. The molecule has 0 aliphatic carbocycles. The lowest BCUT2D eigenvalue weighted by Gasteiger charge is -2.11. The molecule has 1 amide bonds. The highest BCUT2D eigenvalue weighted by atomic mass is 32.2. The van der Waals surface area contributed by atoms with Crippen molar-refractivity contribution in [1.82, 2.24) is 0 Å². The Labute approximate surface area is 196 Å². The third-order valence-corrected chi connectivity index (χ3v) is 5.41. The van der Waals surface area contributed by atoms with Gasteiger partial charge in [-0.1, -0.05) is 18.2 Å². The quantitative estimate of drug-likeness (QED) is 0.233. The summed E-state index contributed by atoms with van der Waals surface area (Å²) >= 11 is 6.76. The molecule has 0 bridgehead atoms. The van der Waals surface area contributed by atoms with E-state index in [0.29, 0.717) is 23.0 Å². The van der Waals surface area contributed by atoms with Gasteiger partial charge in [-0.3, -0.25) is 4.79 Å². The molecule has 0 heterocycles. The van der Waals surface area contributed by atoms with Gasteiger partial charge in [-0.15, -0.1) is 11.8 Å². The molecule has 0 radical (unpaired) electrons. The van der Waals surface area contributed by atoms with E-state index < -0.39 is 0 Å². The van der Waals surface area contributed by atoms with Crippen LogP contribution < -0.4 is 16.0 Å². The van der Waals surface area contributed by atoms with E-state index in [1.807, 2.05) is 54.6 Å². The molecular formula is C24H23N3O3S2. The maximum absolute atomic E-state index is 12.2. The summed E-state index contributed by atoms with van der Waals surface area (Å²) in [6, 6.07) is 24.0. The summed E-state index contributed by atoms with van der Waals surface area (Å²) in [5.41, 5.74) is 2.85. The summed E-state index contributed by atoms with van der Waals surface area (Å²) in [7, 11) is 0. The van der Waals surface area contributed by atoms with Gasteiger partial charge in [0, 0.05) is 22.0 Å². The predicted octanol–water partition coefficient (Wildman–Crippen LogP) is 5.40. The average Bonchev–Trinajstić information content (AvgIpc) is 2.80. The van der Waals surface area contributed by atoms with Crippen LogP contribution in [0.5, 0.6) is 0 Å². The highest BCUT2D eigenvalue weighted by molar-refractivity contribution is 8.00. The van der Waals surface area contributed by atoms with Crippen molar-refractivity contribution in [2.75, 3.05) is 28.3 Å². The number of anilines is 3. The SMILES string of the molecule is CCOC(=O)c1ccc(NC(=O)CSc2ccc(NC(=S)Nc3ccccc3)cc2)cc1. The highest BCUT2D eigenvalue weighted by Gasteiger charge is 2.08. The molecule has 0 saturated heterocycles. The van der Waals surface area contributed by atoms with E-state index in [1.165, 1.54) is 11.8 Å². The van der Waals surface area contributed by atoms with E-state index in [1.54, 1.807) is 31.2 Å². The molecular weight excluding hydrogens is 442 g/mol. The Morgan fingerprint density at radius 3 is 2.00 bits per heavy atom. The summed E-state index contributed by atoms with van der Waals surface area (Å²) in [4.78, 5) is 24.9. The average molecular weight is 466 g/mol. The lowest BCUT2D eigenvalue weighted by Crippen LogP contribution is -2.18. The van der Waals surface area contributed by atoms with E-state index in [-0.39, 0.29) is 17.6 Å². The predicted molar refractivity (Wildman–Crippen MR) is 134 cm³/mol. The number of hydrogen-bond acceptors (Lipinski definition) is 5. The van der Waals surface area contributed by atoms with Crippen LogP contribution in [0.15, 0.2) is 83.8 Å². The van der Waals surface area contributed by atoms with Crippen molar-refractivity contribution in [3.05, 3.63) is 84.4 Å². The van der Waals surface area contributed by atoms with Gasteiger partial charge in [0.1, 0.15) is 0 Å². The van der Waals surface area contributed by atoms with E-state index in [2.05, 4.69) is 16.0 Å². The summed E-state index contributed by atoms with van der Waals surface area (Å²) in [6.45, 7) is 2.08. The summed E-state index contributed by atoms with van der Waals surface area (Å²) in [5, 5.41) is 9.58. The van der Waals surface area contributed by atoms with Gasteiger partial charge in [-0.2, -0.15) is 0 Å². The Morgan fingerprint density at radius 2 is 1.38 bits per heavy atom. The fourth-order valence-corrected chi connectivity index (χ4v) is 3.63. The maximum Gasteiger partial charge on any atom is 0.338 e. The zero-order valence-corrected chi connectivity index (χ0v) is 19.1. The summed E-state index contributed by atoms with van der Waals surface area (Å²) in [6.07, 6.45) is 0. The lowest BCUT2D eigenvalue weighted by atomic mass is 10.2. The molecule has 0 atom stereocenters. The molecule has 0 fully saturated rings. The van der Waals surface area contributed by atoms with Crippen LogP contribution in [-0.4, -0.2) is 29.3 Å². The molecule has 3 N–H and O–H groups in total. The molecule has 0 aromatic heterocycles. The zero-order valence-electron chi connectivity index (χ0n) is 17.5. The minimum Gasteiger partial charge on any atom is -0.462 e. The first-order valence-corrected chi connectivity index (χ1v) is 11.4. The number of nitrogens with one attached hydrogen (secondary N) is 3. The van der Waals surface area contributed by atoms with Crippen LogP contribution in [0.2, 0.25) is 0 Å². The van der Waals surface area contributed by atoms with Crippen molar-refractivity contribution in [1.29, 1.82) is 0 Å². The number of carbonyl (C=O) groups excluding carboxylic acids is 2. The lowest BCUT2D eigenvalue weighted by molar-refractivity contribution is -0.113. The molecule has 8 heteroatoms. The van der Waals surface area contributed by atoms with Gasteiger partial charge in [-0.05, 0) is 79.8 Å². The topological polar surface area (TPSA) is 79.5 Å². The largest absolute Gasteiger partial charge is 0.462 e. The Balaban J connectivity index is 1.44. The van der Waals surface area contributed by atoms with E-state index >= 15 is 0 Å². The van der Waals surface area contributed by atoms with Crippen molar-refractivity contribution in [2.45, 2.75) is 11.8 Å². The second-order valence-electron chi connectivity index (χ2n) is 6.60. The standard InChI is InChI=1S/C24H23N3O3S2/c1-2-30-23(29)17-8-10-19(11-9-17)25-22(28)16-32-21-14-12-20(13-15-21)27-24(31)26-18-6-4-3-5-7-18/h3-15H,2,16H2,1H3,(H,25,28)(H2,26,27,31). The molecule has 0 aliphatic heterocycles. The van der Waals surface area contributed by atoms with Gasteiger partial charge in [0.05, 0.1) is 17.9 Å². The highest BCUT2D eigenvalue weighted by Crippen LogP contribution is 2.21. The van der Waals surface area contributed by atoms with Gasteiger partial charge >= 0.3 is 5.97 Å². The van der Waals surface area contributed by atoms with Crippen molar-refractivity contribution >= 4 is 58.0 Å². The van der Waals surface area contributed by atoms with Crippen LogP contribution >= 0.6 is 24.0 Å². The summed E-state index contributed by atoms with van der Waals surface area (Å²) < 4.78 is 4.95. The monoisotopic (exact) mass is 465 g/mol. The third-order valence-electron chi connectivity index (χ3n) is 4.19. The van der Waals surface area contributed by atoms with Crippen molar-refractivity contribution in [3.8, 4) is 0 Å². The van der Waals surface area contributed by atoms with Crippen molar-refractivity contribution in [2.24, 2.45) is 0 Å². The van der Waals surface area contributed by atoms with E-state index in [9.17, 15) is 9.59 Å². The number of hydrogen-bond donors (Lipinski definition) is 3. The van der Waals surface area contributed by atoms with Gasteiger partial charge < -0.3 is 20.7 Å². The summed E-state index contributed by atoms with van der Waals surface area (Å²) in [5.74, 6) is -0.245. The number of thioether (sulfide) groups is 1. The van der Waals surface area contributed by atoms with E-state index in [4.69, 9.17) is 17.0 Å². The van der Waals surface area contributed by atoms with Gasteiger partial charge in [0.25, 0.3) is 0 Å². The molecule has 3 aromatic rings. The van der Waals surface area contributed by atoms with Crippen LogP contribution in [0.4, 0.5) is 17.1 Å². The number of esters is 1. The molecule has 3 rings (SSSR count). The molecule has 32 heavy (non-hydrogen) atoms. The van der Waals surface area contributed by atoms with Crippen molar-refractivity contribution < 1.29 is 14.3 Å². The number of ether oxygens (including phenoxy) is 1. The Kier molecular flexibility index (Phi) is 8.65. The number of rotatable bonds is 8. The number of benzene rings is 3. The molecule has 6 nitrogen and oxygen atoms in total. The normalized spacial score (nSPS) is 10.2. The van der Waals surface area contributed by atoms with Crippen LogP contribution in [0, 0.1) is 0 Å². The van der Waals surface area contributed by atoms with Gasteiger partial charge in [0.2, 0.25) is 5.91 Å². The molecule has 0 unspecified atom stereocenters. The minimum atomic E-state index is -0.379. The molecule has 0 saturated carbocycles. The second-order valence-corrected chi connectivity index (χ2v) is 8.06. The molecule has 164 valence electrons. The van der Waals surface area contributed by atoms with E-state index in [0.717, 1.165) is 16.3 Å². The zero-order chi connectivity index (χ0) is 22.8. The van der Waals surface area contributed by atoms with Crippen LogP contribution in [0.1, 0.15) is 17.3 Å². The Morgan fingerprint density at radius 1 is 0.812 bits per heavy atom. The molecule has 0 spiro atoms. The number of amides is 1. The first-order valence-electron chi connectivity index (χ1n) is 9.96. The first-order chi connectivity index (χ1) is 15.5.